The fourth-order valence-electron chi connectivity index (χ4n) is 3.14. The second-order valence-electron chi connectivity index (χ2n) is 6.37. The molecule has 3 amide bonds. The molecule has 2 aliphatic heterocycles. The van der Waals surface area contributed by atoms with Crippen molar-refractivity contribution in [3.05, 3.63) is 61.3 Å². The van der Waals surface area contributed by atoms with Gasteiger partial charge in [-0.15, -0.1) is 0 Å². The molecule has 2 aromatic rings. The molecular formula is C19H14Br2N2O4S. The fourth-order valence-corrected chi connectivity index (χ4v) is 4.57. The molecule has 4 rings (SSSR count). The third kappa shape index (κ3) is 3.83. The van der Waals surface area contributed by atoms with E-state index in [0.29, 0.717) is 28.0 Å². The Morgan fingerprint density at radius 1 is 1.21 bits per heavy atom. The van der Waals surface area contributed by atoms with Crippen LogP contribution < -0.4 is 0 Å². The van der Waals surface area contributed by atoms with Crippen LogP contribution in [-0.4, -0.2) is 39.9 Å². The summed E-state index contributed by atoms with van der Waals surface area (Å²) in [6, 6.07) is 9.67. The van der Waals surface area contributed by atoms with Gasteiger partial charge in [-0.1, -0.05) is 24.3 Å². The van der Waals surface area contributed by atoms with Crippen molar-refractivity contribution in [1.82, 2.24) is 9.80 Å². The molecule has 0 radical (unpaired) electrons. The van der Waals surface area contributed by atoms with Crippen LogP contribution in [0.5, 0.6) is 0 Å². The van der Waals surface area contributed by atoms with Gasteiger partial charge in [0.2, 0.25) is 5.91 Å². The second-order valence-corrected chi connectivity index (χ2v) is 8.94. The van der Waals surface area contributed by atoms with Gasteiger partial charge in [0, 0.05) is 19.2 Å². The molecule has 0 N–H and O–H groups in total. The van der Waals surface area contributed by atoms with Gasteiger partial charge in [0.05, 0.1) is 9.38 Å². The second kappa shape index (κ2) is 7.88. The minimum atomic E-state index is -0.482. The Kier molecular flexibility index (Phi) is 5.48. The summed E-state index contributed by atoms with van der Waals surface area (Å²) < 4.78 is 6.63. The third-order valence-corrected chi connectivity index (χ3v) is 7.21. The number of carbonyl (C=O) groups is 3. The molecule has 2 aliphatic rings. The van der Waals surface area contributed by atoms with E-state index in [1.54, 1.807) is 11.0 Å². The number of furan rings is 1. The molecule has 1 fully saturated rings. The molecular weight excluding hydrogens is 512 g/mol. The van der Waals surface area contributed by atoms with Crippen LogP contribution in [0, 0.1) is 0 Å². The van der Waals surface area contributed by atoms with E-state index in [9.17, 15) is 14.4 Å². The fraction of sp³-hybridized carbons (Fsp3) is 0.211. The van der Waals surface area contributed by atoms with Crippen LogP contribution in [0.2, 0.25) is 0 Å². The van der Waals surface area contributed by atoms with Crippen LogP contribution in [0.1, 0.15) is 16.9 Å². The number of imide groups is 1. The van der Waals surface area contributed by atoms with Gasteiger partial charge in [0.25, 0.3) is 11.1 Å². The molecule has 0 saturated carbocycles. The van der Waals surface area contributed by atoms with E-state index in [0.717, 1.165) is 28.6 Å². The summed E-state index contributed by atoms with van der Waals surface area (Å²) in [6.07, 6.45) is 2.27. The maximum absolute atomic E-state index is 12.7. The highest BCUT2D eigenvalue weighted by Gasteiger charge is 2.37. The molecule has 0 aliphatic carbocycles. The van der Waals surface area contributed by atoms with Gasteiger partial charge < -0.3 is 9.32 Å². The first-order valence-corrected chi connectivity index (χ1v) is 10.9. The van der Waals surface area contributed by atoms with Crippen molar-refractivity contribution in [1.29, 1.82) is 0 Å². The van der Waals surface area contributed by atoms with Crippen molar-refractivity contribution < 1.29 is 18.8 Å². The van der Waals surface area contributed by atoms with Crippen molar-refractivity contribution in [2.75, 3.05) is 13.1 Å². The van der Waals surface area contributed by atoms with E-state index in [-0.39, 0.29) is 17.4 Å². The van der Waals surface area contributed by atoms with Crippen LogP contribution in [0.25, 0.3) is 6.08 Å². The van der Waals surface area contributed by atoms with Gasteiger partial charge >= 0.3 is 0 Å². The zero-order valence-electron chi connectivity index (χ0n) is 14.5. The molecule has 1 aromatic heterocycles. The number of carbonyl (C=O) groups excluding carboxylic acids is 3. The molecule has 9 heteroatoms. The highest BCUT2D eigenvalue weighted by molar-refractivity contribution is 9.13. The van der Waals surface area contributed by atoms with E-state index < -0.39 is 11.1 Å². The smallest absolute Gasteiger partial charge is 0.294 e. The maximum atomic E-state index is 12.7. The lowest BCUT2D eigenvalue weighted by Gasteiger charge is -2.29. The van der Waals surface area contributed by atoms with Gasteiger partial charge in [0.15, 0.2) is 4.67 Å². The molecule has 144 valence electrons. The molecule has 0 bridgehead atoms. The van der Waals surface area contributed by atoms with E-state index in [4.69, 9.17) is 4.42 Å². The van der Waals surface area contributed by atoms with Crippen LogP contribution in [0.3, 0.4) is 0 Å². The summed E-state index contributed by atoms with van der Waals surface area (Å²) in [6.45, 7) is 0.821. The lowest BCUT2D eigenvalue weighted by atomic mass is 10.00. The number of benzene rings is 1. The van der Waals surface area contributed by atoms with Crippen LogP contribution >= 0.6 is 43.6 Å². The lowest BCUT2D eigenvalue weighted by Crippen LogP contribution is -2.44. The van der Waals surface area contributed by atoms with Crippen LogP contribution in [0.4, 0.5) is 4.79 Å². The number of hydrogen-bond acceptors (Lipinski definition) is 5. The lowest BCUT2D eigenvalue weighted by molar-refractivity contribution is -0.136. The largest absolute Gasteiger partial charge is 0.449 e. The Balaban J connectivity index is 1.45. The van der Waals surface area contributed by atoms with Gasteiger partial charge in [-0.3, -0.25) is 19.3 Å². The van der Waals surface area contributed by atoms with Crippen molar-refractivity contribution in [3.8, 4) is 0 Å². The first-order valence-electron chi connectivity index (χ1n) is 8.47. The number of hydrogen-bond donors (Lipinski definition) is 0. The maximum Gasteiger partial charge on any atom is 0.294 e. The summed E-state index contributed by atoms with van der Waals surface area (Å²) in [5.41, 5.74) is 2.33. The Hall–Kier alpha value is -1.84. The van der Waals surface area contributed by atoms with Crippen molar-refractivity contribution in [2.45, 2.75) is 13.0 Å². The first-order chi connectivity index (χ1) is 13.4. The summed E-state index contributed by atoms with van der Waals surface area (Å²) in [5, 5.41) is -0.452. The van der Waals surface area contributed by atoms with Gasteiger partial charge in [-0.05, 0) is 67.2 Å². The molecule has 0 atom stereocenters. The Morgan fingerprint density at radius 3 is 2.68 bits per heavy atom. The van der Waals surface area contributed by atoms with E-state index in [2.05, 4.69) is 37.9 Å². The topological polar surface area (TPSA) is 70.8 Å². The number of rotatable bonds is 3. The van der Waals surface area contributed by atoms with E-state index in [1.165, 1.54) is 11.6 Å². The SMILES string of the molecule is O=C(CN1C(=O)S/C(=C\c2cc(Br)c(Br)o2)C1=O)N1CCc2ccccc2C1. The average Bonchev–Trinajstić information content (AvgIpc) is 3.13. The van der Waals surface area contributed by atoms with Crippen molar-refractivity contribution >= 4 is 66.8 Å². The zero-order valence-corrected chi connectivity index (χ0v) is 18.5. The number of halogens is 2. The predicted octanol–water partition coefficient (Wildman–Crippen LogP) is 4.43. The standard InChI is InChI=1S/C19H14Br2N2O4S/c20-14-7-13(27-17(14)21)8-15-18(25)23(19(26)28-15)10-16(24)22-6-5-11-3-1-2-4-12(11)9-22/h1-4,7-8H,5-6,9-10H2/b15-8-. The third-order valence-electron chi connectivity index (χ3n) is 4.59. The average molecular weight is 526 g/mol. The molecule has 0 spiro atoms. The highest BCUT2D eigenvalue weighted by atomic mass is 79.9. The van der Waals surface area contributed by atoms with Gasteiger partial charge in [-0.25, -0.2) is 0 Å². The first kappa shape index (κ1) is 19.5. The highest BCUT2D eigenvalue weighted by Crippen LogP contribution is 2.34. The summed E-state index contributed by atoms with van der Waals surface area (Å²) >= 11 is 7.34. The van der Waals surface area contributed by atoms with E-state index in [1.807, 2.05) is 18.2 Å². The minimum Gasteiger partial charge on any atom is -0.449 e. The molecule has 1 saturated heterocycles. The molecule has 3 heterocycles. The molecule has 1 aromatic carbocycles. The van der Waals surface area contributed by atoms with Gasteiger partial charge in [-0.2, -0.15) is 0 Å². The molecule has 28 heavy (non-hydrogen) atoms. The van der Waals surface area contributed by atoms with Gasteiger partial charge in [0.1, 0.15) is 12.3 Å². The predicted molar refractivity (Wildman–Crippen MR) is 112 cm³/mol. The quantitative estimate of drug-likeness (QED) is 0.554. The van der Waals surface area contributed by atoms with Crippen LogP contribution in [0.15, 0.2) is 48.8 Å². The number of amides is 3. The normalized spacial score (nSPS) is 18.1. The summed E-state index contributed by atoms with van der Waals surface area (Å²) in [4.78, 5) is 40.5. The molecule has 6 nitrogen and oxygen atoms in total. The monoisotopic (exact) mass is 524 g/mol. The Bertz CT molecular complexity index is 998. The summed E-state index contributed by atoms with van der Waals surface area (Å²) in [7, 11) is 0. The zero-order chi connectivity index (χ0) is 19.8. The van der Waals surface area contributed by atoms with Crippen LogP contribution in [-0.2, 0) is 22.6 Å². The van der Waals surface area contributed by atoms with Crippen molar-refractivity contribution in [3.63, 3.8) is 0 Å². The number of fused-ring (bicyclic) bond motifs is 1. The number of nitrogens with zero attached hydrogens (tertiary/aromatic N) is 2. The Morgan fingerprint density at radius 2 is 1.96 bits per heavy atom. The summed E-state index contributed by atoms with van der Waals surface area (Å²) in [5.74, 6) is -0.283. The molecule has 0 unspecified atom stereocenters. The minimum absolute atomic E-state index is 0.232. The van der Waals surface area contributed by atoms with E-state index >= 15 is 0 Å². The number of thioether (sulfide) groups is 1. The van der Waals surface area contributed by atoms with Crippen molar-refractivity contribution in [2.24, 2.45) is 0 Å². The Labute approximate surface area is 182 Å².